The molecule has 3 aromatic rings. The highest BCUT2D eigenvalue weighted by molar-refractivity contribution is 5.77. The molecule has 33 heavy (non-hydrogen) atoms. The Hall–Kier alpha value is -3.09. The molecular formula is C27H33N3O3. The van der Waals surface area contributed by atoms with Crippen LogP contribution in [0.25, 0.3) is 22.5 Å². The maximum Gasteiger partial charge on any atom is 0.332 e. The lowest BCUT2D eigenvalue weighted by atomic mass is 10.0. The Morgan fingerprint density at radius 2 is 1.55 bits per heavy atom. The van der Waals surface area contributed by atoms with Gasteiger partial charge in [0.05, 0.1) is 23.3 Å². The molecule has 0 unspecified atom stereocenters. The van der Waals surface area contributed by atoms with Crippen LogP contribution in [0.15, 0.2) is 66.9 Å². The summed E-state index contributed by atoms with van der Waals surface area (Å²) >= 11 is 0. The summed E-state index contributed by atoms with van der Waals surface area (Å²) in [5.74, 6) is -0.327. The summed E-state index contributed by atoms with van der Waals surface area (Å²) in [6.07, 6.45) is 3.64. The lowest BCUT2D eigenvalue weighted by molar-refractivity contribution is -0.160. The van der Waals surface area contributed by atoms with Crippen molar-refractivity contribution in [2.75, 3.05) is 19.8 Å². The zero-order chi connectivity index (χ0) is 23.5. The molecule has 3 rings (SSSR count). The minimum absolute atomic E-state index is 0.00366. The van der Waals surface area contributed by atoms with Crippen molar-refractivity contribution in [1.29, 1.82) is 0 Å². The van der Waals surface area contributed by atoms with Crippen molar-refractivity contribution >= 4 is 5.97 Å². The van der Waals surface area contributed by atoms with Gasteiger partial charge < -0.3 is 14.8 Å². The van der Waals surface area contributed by atoms with Crippen LogP contribution in [-0.4, -0.2) is 41.3 Å². The van der Waals surface area contributed by atoms with Gasteiger partial charge in [-0.15, -0.1) is 0 Å². The van der Waals surface area contributed by atoms with Gasteiger partial charge in [0.1, 0.15) is 12.2 Å². The number of esters is 1. The molecule has 0 spiro atoms. The largest absolute Gasteiger partial charge is 0.458 e. The van der Waals surface area contributed by atoms with Gasteiger partial charge in [0.25, 0.3) is 0 Å². The minimum atomic E-state index is -0.479. The number of carbonyl (C=O) groups excluding carboxylic acids is 1. The number of hydrogen-bond acceptors (Lipinski definition) is 6. The number of nitrogens with one attached hydrogen (secondary N) is 1. The third-order valence-electron chi connectivity index (χ3n) is 4.76. The van der Waals surface area contributed by atoms with Crippen molar-refractivity contribution in [3.63, 3.8) is 0 Å². The summed E-state index contributed by atoms with van der Waals surface area (Å²) < 4.78 is 10.6. The molecule has 0 aliphatic rings. The Kier molecular flexibility index (Phi) is 9.10. The molecule has 0 aliphatic carbocycles. The van der Waals surface area contributed by atoms with Gasteiger partial charge in [0.2, 0.25) is 0 Å². The summed E-state index contributed by atoms with van der Waals surface area (Å²) in [5, 5.41) is 3.42. The number of hydrogen-bond donors (Lipinski definition) is 1. The van der Waals surface area contributed by atoms with Crippen molar-refractivity contribution < 1.29 is 14.3 Å². The van der Waals surface area contributed by atoms with E-state index in [9.17, 15) is 4.79 Å². The average Bonchev–Trinajstić information content (AvgIpc) is 2.80. The van der Waals surface area contributed by atoms with E-state index in [4.69, 9.17) is 19.4 Å². The van der Waals surface area contributed by atoms with Gasteiger partial charge in [-0.05, 0) is 40.2 Å². The first-order chi connectivity index (χ1) is 15.9. The van der Waals surface area contributed by atoms with E-state index in [1.807, 2.05) is 63.4 Å². The van der Waals surface area contributed by atoms with Crippen LogP contribution in [0.2, 0.25) is 0 Å². The fourth-order valence-corrected chi connectivity index (χ4v) is 3.31. The Balaban J connectivity index is 1.47. The summed E-state index contributed by atoms with van der Waals surface area (Å²) in [6, 6.07) is 20.3. The molecule has 0 saturated carbocycles. The van der Waals surface area contributed by atoms with E-state index >= 15 is 0 Å². The fraction of sp³-hybridized carbons (Fsp3) is 0.370. The molecule has 6 nitrogen and oxygen atoms in total. The molecule has 0 atom stereocenters. The molecule has 6 heteroatoms. The number of ether oxygens (including phenoxy) is 2. The van der Waals surface area contributed by atoms with Crippen molar-refractivity contribution in [2.24, 2.45) is 0 Å². The molecule has 0 bridgehead atoms. The fourth-order valence-electron chi connectivity index (χ4n) is 3.31. The van der Waals surface area contributed by atoms with E-state index < -0.39 is 5.60 Å². The first kappa shape index (κ1) is 24.6. The summed E-state index contributed by atoms with van der Waals surface area (Å²) in [4.78, 5) is 21.3. The zero-order valence-electron chi connectivity index (χ0n) is 19.7. The second-order valence-corrected chi connectivity index (χ2v) is 8.81. The van der Waals surface area contributed by atoms with E-state index in [1.54, 1.807) is 0 Å². The highest BCUT2D eigenvalue weighted by atomic mass is 16.6. The average molecular weight is 448 g/mol. The number of carbonyl (C=O) groups is 1. The number of benzene rings is 2. The van der Waals surface area contributed by atoms with Gasteiger partial charge in [-0.1, -0.05) is 60.7 Å². The lowest BCUT2D eigenvalue weighted by Gasteiger charge is -2.19. The summed E-state index contributed by atoms with van der Waals surface area (Å²) in [5.41, 5.74) is 4.29. The van der Waals surface area contributed by atoms with Crippen molar-refractivity contribution in [1.82, 2.24) is 15.3 Å². The van der Waals surface area contributed by atoms with Gasteiger partial charge in [-0.3, -0.25) is 4.98 Å². The normalized spacial score (nSPS) is 11.4. The van der Waals surface area contributed by atoms with Crippen LogP contribution in [0, 0.1) is 0 Å². The van der Waals surface area contributed by atoms with Crippen molar-refractivity contribution in [3.05, 3.63) is 72.6 Å². The van der Waals surface area contributed by atoms with Crippen LogP contribution in [0.4, 0.5) is 0 Å². The second kappa shape index (κ2) is 12.2. The predicted octanol–water partition coefficient (Wildman–Crippen LogP) is 5.04. The molecule has 0 saturated heterocycles. The predicted molar refractivity (Wildman–Crippen MR) is 131 cm³/mol. The second-order valence-electron chi connectivity index (χ2n) is 8.81. The van der Waals surface area contributed by atoms with E-state index in [0.29, 0.717) is 13.2 Å². The Bertz CT molecular complexity index is 1000. The maximum atomic E-state index is 11.6. The number of rotatable bonds is 11. The molecule has 0 amide bonds. The first-order valence-corrected chi connectivity index (χ1v) is 11.4. The van der Waals surface area contributed by atoms with Gasteiger partial charge >= 0.3 is 5.97 Å². The third-order valence-corrected chi connectivity index (χ3v) is 4.76. The molecule has 2 aromatic carbocycles. The van der Waals surface area contributed by atoms with Crippen LogP contribution < -0.4 is 5.32 Å². The van der Waals surface area contributed by atoms with Gasteiger partial charge in [0.15, 0.2) is 0 Å². The molecule has 174 valence electrons. The monoisotopic (exact) mass is 447 g/mol. The molecular weight excluding hydrogens is 414 g/mol. The van der Waals surface area contributed by atoms with Crippen LogP contribution in [0.1, 0.15) is 39.3 Å². The van der Waals surface area contributed by atoms with Gasteiger partial charge in [-0.2, -0.15) is 0 Å². The van der Waals surface area contributed by atoms with E-state index in [1.165, 1.54) is 0 Å². The topological polar surface area (TPSA) is 73.3 Å². The van der Waals surface area contributed by atoms with Crippen molar-refractivity contribution in [3.8, 4) is 22.5 Å². The Morgan fingerprint density at radius 3 is 2.18 bits per heavy atom. The molecule has 1 heterocycles. The van der Waals surface area contributed by atoms with Crippen LogP contribution in [0.5, 0.6) is 0 Å². The number of nitrogens with zero attached hydrogens (tertiary/aromatic N) is 2. The van der Waals surface area contributed by atoms with E-state index in [-0.39, 0.29) is 12.6 Å². The Morgan fingerprint density at radius 1 is 0.909 bits per heavy atom. The molecule has 0 aliphatic heterocycles. The zero-order valence-corrected chi connectivity index (χ0v) is 19.7. The lowest BCUT2D eigenvalue weighted by Crippen LogP contribution is -2.26. The molecule has 1 N–H and O–H groups in total. The first-order valence-electron chi connectivity index (χ1n) is 11.4. The van der Waals surface area contributed by atoms with Crippen LogP contribution in [0.3, 0.4) is 0 Å². The van der Waals surface area contributed by atoms with Crippen LogP contribution in [-0.2, 0) is 20.8 Å². The standard InChI is InChI=1S/C27H33N3O3/c1-27(2,3)33-24(31)20-32-17-11-10-16-28-18-23-19-29-25(21-12-6-4-7-13-21)26(30-23)22-14-8-5-9-15-22/h4-9,12-15,19,28H,10-11,16-18,20H2,1-3H3. The van der Waals surface area contributed by atoms with E-state index in [2.05, 4.69) is 29.6 Å². The highest BCUT2D eigenvalue weighted by Gasteiger charge is 2.16. The quantitative estimate of drug-likeness (QED) is 0.328. The number of unbranched alkanes of at least 4 members (excludes halogenated alkanes) is 1. The van der Waals surface area contributed by atoms with E-state index in [0.717, 1.165) is 47.6 Å². The Labute approximate surface area is 196 Å². The summed E-state index contributed by atoms with van der Waals surface area (Å²) in [7, 11) is 0. The van der Waals surface area contributed by atoms with Crippen LogP contribution >= 0.6 is 0 Å². The highest BCUT2D eigenvalue weighted by Crippen LogP contribution is 2.28. The minimum Gasteiger partial charge on any atom is -0.458 e. The maximum absolute atomic E-state index is 11.6. The van der Waals surface area contributed by atoms with Gasteiger partial charge in [-0.25, -0.2) is 9.78 Å². The van der Waals surface area contributed by atoms with Crippen molar-refractivity contribution in [2.45, 2.75) is 45.8 Å². The molecule has 1 aromatic heterocycles. The van der Waals surface area contributed by atoms with Gasteiger partial charge in [0, 0.05) is 24.3 Å². The SMILES string of the molecule is CC(C)(C)OC(=O)COCCCCNCc1cnc(-c2ccccc2)c(-c2ccccc2)n1. The molecule has 0 fully saturated rings. The molecule has 0 radical (unpaired) electrons. The smallest absolute Gasteiger partial charge is 0.332 e. The third kappa shape index (κ3) is 8.40. The summed E-state index contributed by atoms with van der Waals surface area (Å²) in [6.45, 7) is 7.54. The number of aromatic nitrogens is 2.